The van der Waals surface area contributed by atoms with Crippen LogP contribution in [0.5, 0.6) is 0 Å². The van der Waals surface area contributed by atoms with Gasteiger partial charge >= 0.3 is 5.97 Å². The lowest BCUT2D eigenvalue weighted by Crippen LogP contribution is -3.06. The number of rotatable bonds is 6. The molecular weight excluding hydrogens is 414 g/mol. The van der Waals surface area contributed by atoms with Gasteiger partial charge in [-0.25, -0.2) is 14.8 Å². The molecule has 180 valence electrons. The Labute approximate surface area is 197 Å². The quantitative estimate of drug-likeness (QED) is 0.569. The number of quaternary nitrogens is 1. The topological polar surface area (TPSA) is 96.8 Å². The number of anilines is 2. The molecule has 7 nitrogen and oxygen atoms in total. The van der Waals surface area contributed by atoms with E-state index in [1.165, 1.54) is 16.8 Å². The molecule has 1 aromatic heterocycles. The van der Waals surface area contributed by atoms with Gasteiger partial charge in [-0.05, 0) is 74.7 Å². The van der Waals surface area contributed by atoms with Gasteiger partial charge in [-0.2, -0.15) is 0 Å². The molecule has 0 saturated heterocycles. The molecule has 0 amide bonds. The van der Waals surface area contributed by atoms with Crippen LogP contribution in [-0.4, -0.2) is 41.3 Å². The fraction of sp³-hybridized carbons (Fsp3) is 0.654. The van der Waals surface area contributed by atoms with Gasteiger partial charge in [-0.3, -0.25) is 4.90 Å². The third kappa shape index (κ3) is 3.84. The maximum Gasteiger partial charge on any atom is 0.331 e. The van der Waals surface area contributed by atoms with Crippen molar-refractivity contribution >= 4 is 23.3 Å². The van der Waals surface area contributed by atoms with Gasteiger partial charge in [0, 0.05) is 12.6 Å². The highest BCUT2D eigenvalue weighted by Crippen LogP contribution is 2.64. The molecule has 1 saturated carbocycles. The fourth-order valence-corrected chi connectivity index (χ4v) is 6.86. The number of nitrogens with two attached hydrogens (primary N) is 1. The van der Waals surface area contributed by atoms with Gasteiger partial charge in [0.15, 0.2) is 12.5 Å². The molecule has 4 rings (SSSR count). The number of nitrogens with zero attached hydrogens (tertiary/aromatic N) is 3. The van der Waals surface area contributed by atoms with Crippen molar-refractivity contribution in [2.75, 3.05) is 30.9 Å². The molecule has 3 aliphatic rings. The second-order valence-electron chi connectivity index (χ2n) is 11.2. The summed E-state index contributed by atoms with van der Waals surface area (Å²) in [6, 6.07) is 0. The van der Waals surface area contributed by atoms with Crippen molar-refractivity contribution in [1.82, 2.24) is 9.97 Å². The molecule has 0 aromatic carbocycles. The number of aromatic nitrogens is 2. The Morgan fingerprint density at radius 3 is 2.82 bits per heavy atom. The van der Waals surface area contributed by atoms with Crippen molar-refractivity contribution in [1.29, 1.82) is 0 Å². The molecule has 1 unspecified atom stereocenters. The van der Waals surface area contributed by atoms with Gasteiger partial charge in [-0.15, -0.1) is 0 Å². The van der Waals surface area contributed by atoms with E-state index < -0.39 is 5.97 Å². The number of hydrogen-bond donors (Lipinski definition) is 3. The summed E-state index contributed by atoms with van der Waals surface area (Å²) < 4.78 is 0. The average Bonchev–Trinajstić information content (AvgIpc) is 3.24. The van der Waals surface area contributed by atoms with Crippen molar-refractivity contribution in [3.05, 3.63) is 29.1 Å². The third-order valence-corrected chi connectivity index (χ3v) is 9.52. The fourth-order valence-electron chi connectivity index (χ4n) is 6.86. The summed E-state index contributed by atoms with van der Waals surface area (Å²) in [5, 5.41) is 9.79. The van der Waals surface area contributed by atoms with E-state index in [1.807, 2.05) is 7.05 Å². The van der Waals surface area contributed by atoms with Gasteiger partial charge < -0.3 is 15.7 Å². The predicted octanol–water partition coefficient (Wildman–Crippen LogP) is 3.57. The summed E-state index contributed by atoms with van der Waals surface area (Å²) in [5.74, 6) is 1.74. The van der Waals surface area contributed by atoms with Crippen LogP contribution in [-0.2, 0) is 4.79 Å². The zero-order valence-electron chi connectivity index (χ0n) is 21.0. The highest BCUT2D eigenvalue weighted by molar-refractivity contribution is 5.88. The lowest BCUT2D eigenvalue weighted by atomic mass is 9.50. The largest absolute Gasteiger partial charge is 0.478 e. The number of aliphatic carboxylic acids is 1. The molecule has 0 spiro atoms. The second-order valence-corrected chi connectivity index (χ2v) is 11.2. The van der Waals surface area contributed by atoms with E-state index in [2.05, 4.69) is 55.6 Å². The van der Waals surface area contributed by atoms with Crippen LogP contribution in [0.25, 0.3) is 0 Å². The Morgan fingerprint density at radius 1 is 1.39 bits per heavy atom. The molecule has 4 N–H and O–H groups in total. The van der Waals surface area contributed by atoms with Crippen LogP contribution in [0.15, 0.2) is 29.1 Å². The van der Waals surface area contributed by atoms with E-state index in [0.29, 0.717) is 29.6 Å². The highest BCUT2D eigenvalue weighted by atomic mass is 16.4. The third-order valence-electron chi connectivity index (χ3n) is 9.52. The minimum atomic E-state index is -0.726. The number of carbonyl (C=O) groups is 1. The molecule has 7 heteroatoms. The predicted molar refractivity (Wildman–Crippen MR) is 131 cm³/mol. The number of carboxylic acid groups (broad SMARTS) is 1. The smallest absolute Gasteiger partial charge is 0.331 e. The van der Waals surface area contributed by atoms with Gasteiger partial charge in [0.25, 0.3) is 0 Å². The molecule has 2 heterocycles. The SMILES string of the molecule is CC1=C(C(=O)O)C[C@@H]2[C@@](C)(CC/C(C)=C/C[NH+]3CN(C)c4ncnc(N)c43)[C@H](C)CC[C@@]12C. The summed E-state index contributed by atoms with van der Waals surface area (Å²) in [4.78, 5) is 23.9. The summed E-state index contributed by atoms with van der Waals surface area (Å²) >= 11 is 0. The zero-order valence-corrected chi connectivity index (χ0v) is 21.0. The Morgan fingerprint density at radius 2 is 2.12 bits per heavy atom. The first-order chi connectivity index (χ1) is 15.5. The van der Waals surface area contributed by atoms with E-state index >= 15 is 0 Å². The Bertz CT molecular complexity index is 1020. The lowest BCUT2D eigenvalue weighted by molar-refractivity contribution is -0.818. The lowest BCUT2D eigenvalue weighted by Gasteiger charge is -2.54. The number of fused-ring (bicyclic) bond motifs is 2. The average molecular weight is 455 g/mol. The Balaban J connectivity index is 1.46. The molecule has 2 aliphatic carbocycles. The van der Waals surface area contributed by atoms with E-state index in [-0.39, 0.29) is 10.8 Å². The van der Waals surface area contributed by atoms with Crippen LogP contribution in [0, 0.1) is 22.7 Å². The Hall–Kier alpha value is -2.41. The van der Waals surface area contributed by atoms with Crippen LogP contribution < -0.4 is 15.5 Å². The van der Waals surface area contributed by atoms with Gasteiger partial charge in [0.1, 0.15) is 12.9 Å². The molecule has 1 aliphatic heterocycles. The number of nitrogens with one attached hydrogen (secondary N) is 1. The van der Waals surface area contributed by atoms with Crippen molar-refractivity contribution < 1.29 is 14.8 Å². The summed E-state index contributed by atoms with van der Waals surface area (Å²) in [7, 11) is 2.04. The van der Waals surface area contributed by atoms with E-state index in [4.69, 9.17) is 5.73 Å². The number of nitrogen functional groups attached to an aromatic ring is 1. The molecule has 5 atom stereocenters. The van der Waals surface area contributed by atoms with Gasteiger partial charge in [0.05, 0.1) is 0 Å². The minimum absolute atomic E-state index is 0.0120. The maximum atomic E-state index is 11.9. The monoisotopic (exact) mass is 454 g/mol. The number of hydrogen-bond acceptors (Lipinski definition) is 5. The molecule has 1 fully saturated rings. The van der Waals surface area contributed by atoms with Crippen LogP contribution in [0.2, 0.25) is 0 Å². The van der Waals surface area contributed by atoms with Gasteiger partial charge in [-0.1, -0.05) is 31.9 Å². The second kappa shape index (κ2) is 8.42. The standard InChI is InChI=1S/C26H39N5O2/c1-16(9-12-31-15-30(6)23-21(31)22(27)28-14-29-23)7-10-25(4)17(2)8-11-26(5)18(3)19(24(32)33)13-20(25)26/h9,14,17,20H,7-8,10-13,15H2,1-6H3,(H,32,33)(H2,27,28,29)/p+1/b16-9+/t17-,20-,25+,26+/m1/s1. The Kier molecular flexibility index (Phi) is 6.06. The van der Waals surface area contributed by atoms with Crippen molar-refractivity contribution in [2.45, 2.75) is 66.7 Å². The first-order valence-electron chi connectivity index (χ1n) is 12.2. The summed E-state index contributed by atoms with van der Waals surface area (Å²) in [6.07, 6.45) is 8.96. The van der Waals surface area contributed by atoms with Crippen LogP contribution >= 0.6 is 0 Å². The molecule has 1 aromatic rings. The van der Waals surface area contributed by atoms with Crippen molar-refractivity contribution in [3.8, 4) is 0 Å². The normalized spacial score (nSPS) is 33.9. The van der Waals surface area contributed by atoms with E-state index in [1.54, 1.807) is 0 Å². The zero-order chi connectivity index (χ0) is 24.1. The molecular formula is C26H40N5O2+. The summed E-state index contributed by atoms with van der Waals surface area (Å²) in [6.45, 7) is 13.1. The number of carboxylic acids is 1. The maximum absolute atomic E-state index is 11.9. The summed E-state index contributed by atoms with van der Waals surface area (Å²) in [5.41, 5.74) is 10.5. The molecule has 0 bridgehead atoms. The van der Waals surface area contributed by atoms with E-state index in [0.717, 1.165) is 56.0 Å². The highest BCUT2D eigenvalue weighted by Gasteiger charge is 2.56. The minimum Gasteiger partial charge on any atom is -0.478 e. The number of allylic oxidation sites excluding steroid dienone is 2. The van der Waals surface area contributed by atoms with Crippen molar-refractivity contribution in [2.24, 2.45) is 22.7 Å². The molecule has 33 heavy (non-hydrogen) atoms. The van der Waals surface area contributed by atoms with E-state index in [9.17, 15) is 9.90 Å². The van der Waals surface area contributed by atoms with Crippen LogP contribution in [0.3, 0.4) is 0 Å². The molecule has 0 radical (unpaired) electrons. The van der Waals surface area contributed by atoms with Gasteiger partial charge in [0.2, 0.25) is 11.5 Å². The first kappa shape index (κ1) is 23.7. The first-order valence-corrected chi connectivity index (χ1v) is 12.2. The van der Waals surface area contributed by atoms with Crippen LogP contribution in [0.1, 0.15) is 66.7 Å². The van der Waals surface area contributed by atoms with Crippen LogP contribution in [0.4, 0.5) is 17.3 Å². The van der Waals surface area contributed by atoms with Crippen molar-refractivity contribution in [3.63, 3.8) is 0 Å².